The summed E-state index contributed by atoms with van der Waals surface area (Å²) in [6.07, 6.45) is 0.791. The molecule has 0 spiro atoms. The van der Waals surface area contributed by atoms with Gasteiger partial charge in [-0.3, -0.25) is 19.3 Å². The second-order valence-electron chi connectivity index (χ2n) is 10.3. The van der Waals surface area contributed by atoms with E-state index in [1.807, 2.05) is 18.2 Å². The van der Waals surface area contributed by atoms with Crippen molar-refractivity contribution in [2.45, 2.75) is 6.42 Å². The van der Waals surface area contributed by atoms with Crippen molar-refractivity contribution in [3.05, 3.63) is 87.8 Å². The van der Waals surface area contributed by atoms with Gasteiger partial charge in [0.05, 0.1) is 31.8 Å². The number of aromatic nitrogens is 2. The summed E-state index contributed by atoms with van der Waals surface area (Å²) in [4.78, 5) is 43.8. The SMILES string of the molecule is COc1ccc(-n2nc(C(=O)NCC(=O)NCCCN3CCN(c4cccc(Cl)c4)CC3)c3ccccc3c2=O)cc1OC. The Balaban J connectivity index is 1.15. The van der Waals surface area contributed by atoms with Gasteiger partial charge in [0.25, 0.3) is 11.5 Å². The quantitative estimate of drug-likeness (QED) is 0.246. The lowest BCUT2D eigenvalue weighted by atomic mass is 10.1. The van der Waals surface area contributed by atoms with E-state index >= 15 is 0 Å². The molecule has 0 radical (unpaired) electrons. The van der Waals surface area contributed by atoms with E-state index in [0.717, 1.165) is 54.5 Å². The molecule has 0 aliphatic carbocycles. The Bertz CT molecular complexity index is 1700. The van der Waals surface area contributed by atoms with Gasteiger partial charge in [0.2, 0.25) is 5.91 Å². The Hall–Kier alpha value is -4.61. The topological polar surface area (TPSA) is 118 Å². The number of rotatable bonds is 11. The molecule has 44 heavy (non-hydrogen) atoms. The molecule has 2 amide bonds. The number of anilines is 1. The molecule has 1 saturated heterocycles. The van der Waals surface area contributed by atoms with Crippen LogP contribution in [0.3, 0.4) is 0 Å². The van der Waals surface area contributed by atoms with E-state index in [1.54, 1.807) is 42.5 Å². The van der Waals surface area contributed by atoms with Gasteiger partial charge in [0.15, 0.2) is 17.2 Å². The molecule has 11 nitrogen and oxygen atoms in total. The fourth-order valence-electron chi connectivity index (χ4n) is 5.23. The Kier molecular flexibility index (Phi) is 9.98. The first-order valence-electron chi connectivity index (χ1n) is 14.4. The zero-order valence-electron chi connectivity index (χ0n) is 24.7. The smallest absolute Gasteiger partial charge is 0.279 e. The molecule has 3 aromatic carbocycles. The van der Waals surface area contributed by atoms with Gasteiger partial charge in [0, 0.05) is 54.9 Å². The van der Waals surface area contributed by atoms with Crippen LogP contribution in [0, 0.1) is 0 Å². The van der Waals surface area contributed by atoms with Gasteiger partial charge >= 0.3 is 0 Å². The molecule has 2 N–H and O–H groups in total. The number of benzene rings is 3. The number of nitrogens with zero attached hydrogens (tertiary/aromatic N) is 4. The van der Waals surface area contributed by atoms with Crippen LogP contribution in [0.5, 0.6) is 11.5 Å². The number of hydrogen-bond acceptors (Lipinski definition) is 8. The minimum atomic E-state index is -0.567. The summed E-state index contributed by atoms with van der Waals surface area (Å²) in [5.74, 6) is 0.0320. The lowest BCUT2D eigenvalue weighted by molar-refractivity contribution is -0.120. The highest BCUT2D eigenvalue weighted by Crippen LogP contribution is 2.29. The number of amides is 2. The third-order valence-electron chi connectivity index (χ3n) is 7.56. The summed E-state index contributed by atoms with van der Waals surface area (Å²) < 4.78 is 11.8. The lowest BCUT2D eigenvalue weighted by Crippen LogP contribution is -2.47. The predicted molar refractivity (Wildman–Crippen MR) is 171 cm³/mol. The molecule has 1 aliphatic rings. The molecule has 4 aromatic rings. The van der Waals surface area contributed by atoms with E-state index in [9.17, 15) is 14.4 Å². The van der Waals surface area contributed by atoms with Crippen LogP contribution < -0.4 is 30.6 Å². The van der Waals surface area contributed by atoms with Crippen molar-refractivity contribution in [1.82, 2.24) is 25.3 Å². The fraction of sp³-hybridized carbons (Fsp3) is 0.312. The summed E-state index contributed by atoms with van der Waals surface area (Å²) in [7, 11) is 3.01. The Labute approximate surface area is 260 Å². The van der Waals surface area contributed by atoms with Gasteiger partial charge in [-0.25, -0.2) is 0 Å². The van der Waals surface area contributed by atoms with Crippen LogP contribution in [0.25, 0.3) is 16.5 Å². The first-order chi connectivity index (χ1) is 21.4. The number of ether oxygens (including phenoxy) is 2. The van der Waals surface area contributed by atoms with Crippen molar-refractivity contribution in [3.63, 3.8) is 0 Å². The fourth-order valence-corrected chi connectivity index (χ4v) is 5.41. The molecule has 0 saturated carbocycles. The maximum absolute atomic E-state index is 13.3. The molecule has 0 unspecified atom stereocenters. The van der Waals surface area contributed by atoms with Crippen LogP contribution >= 0.6 is 11.6 Å². The molecule has 1 fully saturated rings. The molecular formula is C32H35ClN6O5. The molecular weight excluding hydrogens is 584 g/mol. The lowest BCUT2D eigenvalue weighted by Gasteiger charge is -2.36. The zero-order valence-corrected chi connectivity index (χ0v) is 25.5. The van der Waals surface area contributed by atoms with E-state index in [-0.39, 0.29) is 18.1 Å². The molecule has 5 rings (SSSR count). The summed E-state index contributed by atoms with van der Waals surface area (Å²) in [6.45, 7) is 4.84. The highest BCUT2D eigenvalue weighted by molar-refractivity contribution is 6.30. The van der Waals surface area contributed by atoms with E-state index in [2.05, 4.69) is 31.6 Å². The summed E-state index contributed by atoms with van der Waals surface area (Å²) in [6, 6.07) is 19.6. The number of nitrogens with one attached hydrogen (secondary N) is 2. The van der Waals surface area contributed by atoms with Crippen LogP contribution in [0.1, 0.15) is 16.9 Å². The number of fused-ring (bicyclic) bond motifs is 1. The summed E-state index contributed by atoms with van der Waals surface area (Å²) >= 11 is 6.13. The maximum Gasteiger partial charge on any atom is 0.279 e. The van der Waals surface area contributed by atoms with Crippen LogP contribution in [-0.4, -0.2) is 86.5 Å². The van der Waals surface area contributed by atoms with Gasteiger partial charge in [0.1, 0.15) is 0 Å². The minimum Gasteiger partial charge on any atom is -0.493 e. The molecule has 12 heteroatoms. The molecule has 1 aromatic heterocycles. The first-order valence-corrected chi connectivity index (χ1v) is 14.8. The van der Waals surface area contributed by atoms with Crippen molar-refractivity contribution >= 4 is 39.9 Å². The van der Waals surface area contributed by atoms with Gasteiger partial charge in [-0.15, -0.1) is 0 Å². The van der Waals surface area contributed by atoms with Crippen molar-refractivity contribution in [2.24, 2.45) is 0 Å². The molecule has 230 valence electrons. The predicted octanol–water partition coefficient (Wildman–Crippen LogP) is 3.11. The highest BCUT2D eigenvalue weighted by Gasteiger charge is 2.20. The third kappa shape index (κ3) is 7.12. The highest BCUT2D eigenvalue weighted by atomic mass is 35.5. The normalized spacial score (nSPS) is 13.5. The summed E-state index contributed by atoms with van der Waals surface area (Å²) in [5, 5.41) is 11.3. The van der Waals surface area contributed by atoms with Crippen molar-refractivity contribution < 1.29 is 19.1 Å². The van der Waals surface area contributed by atoms with Gasteiger partial charge < -0.3 is 25.0 Å². The minimum absolute atomic E-state index is 0.0275. The number of carbonyl (C=O) groups excluding carboxylic acids is 2. The van der Waals surface area contributed by atoms with Crippen molar-refractivity contribution in [2.75, 3.05) is 64.9 Å². The number of piperazine rings is 1. The van der Waals surface area contributed by atoms with E-state index in [0.29, 0.717) is 34.5 Å². The van der Waals surface area contributed by atoms with E-state index in [4.69, 9.17) is 21.1 Å². The van der Waals surface area contributed by atoms with E-state index < -0.39 is 11.5 Å². The number of hydrogen-bond donors (Lipinski definition) is 2. The number of methoxy groups -OCH3 is 2. The van der Waals surface area contributed by atoms with Crippen LogP contribution in [0.2, 0.25) is 5.02 Å². The third-order valence-corrected chi connectivity index (χ3v) is 7.80. The summed E-state index contributed by atoms with van der Waals surface area (Å²) in [5.41, 5.74) is 1.16. The Morgan fingerprint density at radius 3 is 2.34 bits per heavy atom. The standard InChI is InChI=1S/C32H35ClN6O5/c1-43-27-12-11-24(20-28(27)44-2)39-32(42)26-10-4-3-9-25(26)30(36-39)31(41)35-21-29(40)34-13-6-14-37-15-17-38(18-16-37)23-8-5-7-22(33)19-23/h3-5,7-12,19-20H,6,13-18,21H2,1-2H3,(H,34,40)(H,35,41). The van der Waals surface area contributed by atoms with Gasteiger partial charge in [-0.1, -0.05) is 35.9 Å². The number of carbonyl (C=O) groups is 2. The second-order valence-corrected chi connectivity index (χ2v) is 10.8. The Morgan fingerprint density at radius 1 is 0.864 bits per heavy atom. The van der Waals surface area contributed by atoms with Crippen molar-refractivity contribution in [1.29, 1.82) is 0 Å². The maximum atomic E-state index is 13.3. The Morgan fingerprint density at radius 2 is 1.61 bits per heavy atom. The van der Waals surface area contributed by atoms with Gasteiger partial charge in [-0.05, 0) is 49.4 Å². The largest absolute Gasteiger partial charge is 0.493 e. The average molecular weight is 619 g/mol. The number of halogens is 1. The molecule has 2 heterocycles. The monoisotopic (exact) mass is 618 g/mol. The van der Waals surface area contributed by atoms with Gasteiger partial charge in [-0.2, -0.15) is 9.78 Å². The zero-order chi connectivity index (χ0) is 31.1. The molecule has 0 atom stereocenters. The van der Waals surface area contributed by atoms with Crippen molar-refractivity contribution in [3.8, 4) is 17.2 Å². The van der Waals surface area contributed by atoms with E-state index in [1.165, 1.54) is 14.2 Å². The van der Waals surface area contributed by atoms with Crippen LogP contribution in [0.4, 0.5) is 5.69 Å². The average Bonchev–Trinajstić information content (AvgIpc) is 3.06. The van der Waals surface area contributed by atoms with Crippen LogP contribution in [0.15, 0.2) is 71.5 Å². The van der Waals surface area contributed by atoms with Crippen LogP contribution in [-0.2, 0) is 4.79 Å². The first kappa shape index (κ1) is 30.8. The molecule has 0 bridgehead atoms. The second kappa shape index (κ2) is 14.2. The molecule has 1 aliphatic heterocycles.